The van der Waals surface area contributed by atoms with Crippen LogP contribution in [-0.4, -0.2) is 46.4 Å². The second-order valence-corrected chi connectivity index (χ2v) is 9.65. The Hall–Kier alpha value is -1.96. The average molecular weight is 456 g/mol. The zero-order valence-electron chi connectivity index (χ0n) is 16.3. The molecule has 1 saturated heterocycles. The van der Waals surface area contributed by atoms with E-state index in [1.165, 1.54) is 18.2 Å². The molecule has 1 amide bonds. The van der Waals surface area contributed by atoms with Crippen LogP contribution in [0.5, 0.6) is 0 Å². The lowest BCUT2D eigenvalue weighted by Crippen LogP contribution is -2.36. The third-order valence-electron chi connectivity index (χ3n) is 4.79. The molecule has 0 radical (unpaired) electrons. The van der Waals surface area contributed by atoms with Crippen LogP contribution in [0.1, 0.15) is 29.6 Å². The molecular formula is C20H23Cl2N3O3S. The molecule has 6 nitrogen and oxygen atoms in total. The largest absolute Gasteiger partial charge is 0.377 e. The number of nitrogens with zero attached hydrogens (tertiary/aromatic N) is 2. The Morgan fingerprint density at radius 3 is 2.38 bits per heavy atom. The Bertz CT molecular complexity index is 1020. The van der Waals surface area contributed by atoms with Crippen molar-refractivity contribution >= 4 is 50.5 Å². The summed E-state index contributed by atoms with van der Waals surface area (Å²) in [5.74, 6) is -0.102. The van der Waals surface area contributed by atoms with E-state index in [9.17, 15) is 13.2 Å². The molecule has 0 aromatic heterocycles. The van der Waals surface area contributed by atoms with Crippen molar-refractivity contribution in [1.29, 1.82) is 0 Å². The smallest absolute Gasteiger partial charge is 0.263 e. The van der Waals surface area contributed by atoms with Gasteiger partial charge in [0.05, 0.1) is 10.6 Å². The molecule has 2 aromatic carbocycles. The maximum Gasteiger partial charge on any atom is 0.263 e. The molecule has 0 unspecified atom stereocenters. The fourth-order valence-corrected chi connectivity index (χ4v) is 5.13. The Balaban J connectivity index is 1.96. The lowest BCUT2D eigenvalue weighted by molar-refractivity contribution is 0.0725. The summed E-state index contributed by atoms with van der Waals surface area (Å²) < 4.78 is 28.1. The number of nitrogens with one attached hydrogen (secondary N) is 1. The summed E-state index contributed by atoms with van der Waals surface area (Å²) in [6.45, 7) is 1.42. The summed E-state index contributed by atoms with van der Waals surface area (Å²) in [4.78, 5) is 16.6. The maximum absolute atomic E-state index is 13.1. The van der Waals surface area contributed by atoms with Gasteiger partial charge in [0.25, 0.3) is 15.9 Å². The van der Waals surface area contributed by atoms with Crippen molar-refractivity contribution in [3.8, 4) is 0 Å². The Labute approximate surface area is 181 Å². The highest BCUT2D eigenvalue weighted by Gasteiger charge is 2.24. The molecule has 1 aliphatic heterocycles. The number of carbonyl (C=O) groups is 1. The number of piperidine rings is 1. The molecule has 156 valence electrons. The number of anilines is 2. The molecule has 29 heavy (non-hydrogen) atoms. The van der Waals surface area contributed by atoms with E-state index >= 15 is 0 Å². The summed E-state index contributed by atoms with van der Waals surface area (Å²) in [6.07, 6.45) is 3.07. The van der Waals surface area contributed by atoms with Gasteiger partial charge in [-0.2, -0.15) is 0 Å². The van der Waals surface area contributed by atoms with E-state index < -0.39 is 10.0 Å². The minimum atomic E-state index is -3.97. The Morgan fingerprint density at radius 1 is 1.03 bits per heavy atom. The molecule has 1 aliphatic rings. The van der Waals surface area contributed by atoms with E-state index in [4.69, 9.17) is 23.2 Å². The molecule has 2 aromatic rings. The van der Waals surface area contributed by atoms with Crippen LogP contribution in [0, 0.1) is 0 Å². The van der Waals surface area contributed by atoms with Gasteiger partial charge in [-0.3, -0.25) is 9.52 Å². The van der Waals surface area contributed by atoms with E-state index in [-0.39, 0.29) is 26.5 Å². The number of likely N-dealkylation sites (tertiary alicyclic amines) is 1. The van der Waals surface area contributed by atoms with Crippen LogP contribution in [0.25, 0.3) is 0 Å². The van der Waals surface area contributed by atoms with Gasteiger partial charge >= 0.3 is 0 Å². The quantitative estimate of drug-likeness (QED) is 0.720. The van der Waals surface area contributed by atoms with Crippen LogP contribution >= 0.6 is 23.2 Å². The van der Waals surface area contributed by atoms with Crippen molar-refractivity contribution in [3.05, 3.63) is 52.0 Å². The number of carbonyl (C=O) groups excluding carboxylic acids is 1. The predicted molar refractivity (Wildman–Crippen MR) is 118 cm³/mol. The Morgan fingerprint density at radius 2 is 1.72 bits per heavy atom. The van der Waals surface area contributed by atoms with Gasteiger partial charge in [0.1, 0.15) is 4.90 Å². The number of sulfonamides is 1. The fraction of sp³-hybridized carbons (Fsp3) is 0.350. The molecule has 0 aliphatic carbocycles. The summed E-state index contributed by atoms with van der Waals surface area (Å²) >= 11 is 12.0. The molecule has 0 bridgehead atoms. The number of benzene rings is 2. The normalized spacial score (nSPS) is 14.6. The monoisotopic (exact) mass is 455 g/mol. The summed E-state index contributed by atoms with van der Waals surface area (Å²) in [6, 6.07) is 9.17. The van der Waals surface area contributed by atoms with Crippen LogP contribution in [-0.2, 0) is 10.0 Å². The zero-order chi connectivity index (χ0) is 21.2. The second kappa shape index (κ2) is 8.81. The van der Waals surface area contributed by atoms with Crippen LogP contribution in [0.3, 0.4) is 0 Å². The maximum atomic E-state index is 13.1. The first-order valence-corrected chi connectivity index (χ1v) is 11.5. The number of halogens is 2. The fourth-order valence-electron chi connectivity index (χ4n) is 3.32. The summed E-state index contributed by atoms with van der Waals surface area (Å²) in [7, 11) is -0.282. The van der Waals surface area contributed by atoms with E-state index in [1.54, 1.807) is 18.2 Å². The van der Waals surface area contributed by atoms with Gasteiger partial charge in [0.2, 0.25) is 0 Å². The molecule has 9 heteroatoms. The number of amides is 1. The molecular weight excluding hydrogens is 433 g/mol. The van der Waals surface area contributed by atoms with Crippen molar-refractivity contribution < 1.29 is 13.2 Å². The van der Waals surface area contributed by atoms with Crippen molar-refractivity contribution in [2.75, 3.05) is 36.8 Å². The molecule has 0 spiro atoms. The van der Waals surface area contributed by atoms with Crippen molar-refractivity contribution in [1.82, 2.24) is 4.90 Å². The van der Waals surface area contributed by atoms with Gasteiger partial charge in [-0.15, -0.1) is 0 Å². The average Bonchev–Trinajstić information content (AvgIpc) is 2.69. The van der Waals surface area contributed by atoms with E-state index in [1.807, 2.05) is 23.9 Å². The predicted octanol–water partition coefficient (Wildman–Crippen LogP) is 4.49. The van der Waals surface area contributed by atoms with E-state index in [2.05, 4.69) is 4.72 Å². The topological polar surface area (TPSA) is 69.7 Å². The molecule has 0 atom stereocenters. The molecule has 1 heterocycles. The molecule has 1 N–H and O–H groups in total. The van der Waals surface area contributed by atoms with Crippen molar-refractivity contribution in [2.24, 2.45) is 0 Å². The van der Waals surface area contributed by atoms with Crippen LogP contribution in [0.4, 0.5) is 11.4 Å². The number of hydrogen-bond acceptors (Lipinski definition) is 4. The summed E-state index contributed by atoms with van der Waals surface area (Å²) in [5, 5.41) is 0.329. The van der Waals surface area contributed by atoms with Gasteiger partial charge in [-0.05, 0) is 55.7 Å². The first-order valence-electron chi connectivity index (χ1n) is 9.27. The van der Waals surface area contributed by atoms with E-state index in [0.717, 1.165) is 24.9 Å². The summed E-state index contributed by atoms with van der Waals surface area (Å²) in [5.41, 5.74) is 1.46. The molecule has 0 saturated carbocycles. The second-order valence-electron chi connectivity index (χ2n) is 7.16. The molecule has 1 fully saturated rings. The van der Waals surface area contributed by atoms with Gasteiger partial charge in [0.15, 0.2) is 0 Å². The van der Waals surface area contributed by atoms with Gasteiger partial charge < -0.3 is 9.80 Å². The number of hydrogen-bond donors (Lipinski definition) is 1. The van der Waals surface area contributed by atoms with Gasteiger partial charge in [0, 0.05) is 43.6 Å². The minimum absolute atomic E-state index is 0.0661. The molecule has 3 rings (SSSR count). The lowest BCUT2D eigenvalue weighted by Gasteiger charge is -2.28. The van der Waals surface area contributed by atoms with Gasteiger partial charge in [-0.1, -0.05) is 23.2 Å². The van der Waals surface area contributed by atoms with Crippen LogP contribution < -0.4 is 9.62 Å². The standard InChI is InChI=1S/C20H23Cl2N3O3S/c1-24(2)18-9-7-15(13-16(18)20(26)25-10-4-3-5-11-25)23-29(27,28)19-12-14(21)6-8-17(19)22/h6-9,12-13,23H,3-5,10-11H2,1-2H3. The highest BCUT2D eigenvalue weighted by Crippen LogP contribution is 2.30. The third kappa shape index (κ3) is 4.97. The highest BCUT2D eigenvalue weighted by molar-refractivity contribution is 7.92. The van der Waals surface area contributed by atoms with Crippen molar-refractivity contribution in [2.45, 2.75) is 24.2 Å². The first-order chi connectivity index (χ1) is 13.7. The van der Waals surface area contributed by atoms with Crippen molar-refractivity contribution in [3.63, 3.8) is 0 Å². The Kier molecular flexibility index (Phi) is 6.61. The van der Waals surface area contributed by atoms with Crippen LogP contribution in [0.15, 0.2) is 41.3 Å². The SMILES string of the molecule is CN(C)c1ccc(NS(=O)(=O)c2cc(Cl)ccc2Cl)cc1C(=O)N1CCCCC1. The van der Waals surface area contributed by atoms with Gasteiger partial charge in [-0.25, -0.2) is 8.42 Å². The highest BCUT2D eigenvalue weighted by atomic mass is 35.5. The lowest BCUT2D eigenvalue weighted by atomic mass is 10.1. The number of rotatable bonds is 5. The van der Waals surface area contributed by atoms with Crippen LogP contribution in [0.2, 0.25) is 10.0 Å². The third-order valence-corrected chi connectivity index (χ3v) is 6.88. The zero-order valence-corrected chi connectivity index (χ0v) is 18.6. The first kappa shape index (κ1) is 21.7. The van der Waals surface area contributed by atoms with E-state index in [0.29, 0.717) is 18.7 Å². The minimum Gasteiger partial charge on any atom is -0.377 e.